The third-order valence-electron chi connectivity index (χ3n) is 11.3. The number of methoxy groups -OCH3 is 1. The number of nitrogens with zero attached hydrogens (tertiary/aromatic N) is 7. The van der Waals surface area contributed by atoms with Gasteiger partial charge in [-0.3, -0.25) is 14.5 Å². The summed E-state index contributed by atoms with van der Waals surface area (Å²) in [6, 6.07) is 11.4. The SMILES string of the molecule is C=CC(=O)Nc1cc(Nc2cc(N3OCCC3c3cccc(C(F)(F)F)c3)ncn2)c(OC)cc1N1CCC(N2CCC(N3CCN(C)CC3)CC2)CC1. The lowest BCUT2D eigenvalue weighted by molar-refractivity contribution is -0.137. The van der Waals surface area contributed by atoms with E-state index < -0.39 is 17.8 Å². The number of hydrogen-bond donors (Lipinski definition) is 2. The summed E-state index contributed by atoms with van der Waals surface area (Å²) in [5.41, 5.74) is 1.78. The Bertz CT molecular complexity index is 1770. The maximum absolute atomic E-state index is 13.5. The third-order valence-corrected chi connectivity index (χ3v) is 11.3. The van der Waals surface area contributed by atoms with Crippen LogP contribution in [0, 0.1) is 0 Å². The largest absolute Gasteiger partial charge is 0.494 e. The lowest BCUT2D eigenvalue weighted by Gasteiger charge is -2.46. The van der Waals surface area contributed by atoms with Crippen LogP contribution in [0.15, 0.2) is 61.4 Å². The zero-order valence-corrected chi connectivity index (χ0v) is 31.0. The maximum atomic E-state index is 13.5. The molecular formula is C39H50F3N9O3. The molecule has 5 heterocycles. The van der Waals surface area contributed by atoms with Crippen molar-refractivity contribution in [3.63, 3.8) is 0 Å². The smallest absolute Gasteiger partial charge is 0.416 e. The number of halogens is 3. The Morgan fingerprint density at radius 3 is 2.30 bits per heavy atom. The average Bonchev–Trinajstić information content (AvgIpc) is 3.69. The van der Waals surface area contributed by atoms with Gasteiger partial charge in [-0.25, -0.2) is 15.0 Å². The van der Waals surface area contributed by atoms with E-state index in [1.165, 1.54) is 49.5 Å². The number of likely N-dealkylation sites (tertiary alicyclic amines) is 1. The highest BCUT2D eigenvalue weighted by molar-refractivity contribution is 6.02. The van der Waals surface area contributed by atoms with Crippen molar-refractivity contribution >= 4 is 34.6 Å². The van der Waals surface area contributed by atoms with Crippen LogP contribution in [0.5, 0.6) is 5.75 Å². The zero-order chi connectivity index (χ0) is 37.8. The Hall–Kier alpha value is -4.44. The van der Waals surface area contributed by atoms with Gasteiger partial charge in [-0.05, 0) is 75.7 Å². The minimum atomic E-state index is -4.45. The first-order valence-corrected chi connectivity index (χ1v) is 18.8. The highest BCUT2D eigenvalue weighted by Gasteiger charge is 2.35. The second-order valence-corrected chi connectivity index (χ2v) is 14.6. The number of piperidine rings is 2. The van der Waals surface area contributed by atoms with E-state index in [9.17, 15) is 18.0 Å². The summed E-state index contributed by atoms with van der Waals surface area (Å²) >= 11 is 0. The normalized spacial score (nSPS) is 21.3. The number of hydroxylamine groups is 1. The van der Waals surface area contributed by atoms with Gasteiger partial charge in [0.2, 0.25) is 5.91 Å². The molecule has 0 saturated carbocycles. The predicted octanol–water partition coefficient (Wildman–Crippen LogP) is 5.94. The predicted molar refractivity (Wildman–Crippen MR) is 203 cm³/mol. The van der Waals surface area contributed by atoms with Crippen molar-refractivity contribution in [2.75, 3.05) is 93.7 Å². The Kier molecular flexibility index (Phi) is 11.6. The van der Waals surface area contributed by atoms with Gasteiger partial charge in [0.1, 0.15) is 17.9 Å². The standard InChI is InChI=1S/C39H50F3N9O3/c1-4-38(52)46-31-23-32(45-36-25-37(44-26-43-36)51-33(12-21-54-51)27-6-5-7-28(22-27)39(40,41)42)35(53-3)24-34(31)50-15-10-29(11-16-50)48-13-8-30(9-14-48)49-19-17-47(2)18-20-49/h4-7,22-26,29-30,33H,1,8-21H2,2-3H3,(H,46,52)(H,43,44,45). The van der Waals surface area contributed by atoms with Crippen molar-refractivity contribution in [2.45, 2.75) is 56.4 Å². The Labute approximate surface area is 314 Å². The van der Waals surface area contributed by atoms with E-state index in [-0.39, 0.29) is 5.91 Å². The van der Waals surface area contributed by atoms with Crippen LogP contribution in [-0.4, -0.2) is 116 Å². The van der Waals surface area contributed by atoms with E-state index in [0.29, 0.717) is 59.4 Å². The number of likely N-dealkylation sites (N-methyl/N-ethyl adjacent to an activating group) is 1. The van der Waals surface area contributed by atoms with E-state index in [4.69, 9.17) is 9.57 Å². The van der Waals surface area contributed by atoms with E-state index >= 15 is 0 Å². The summed E-state index contributed by atoms with van der Waals surface area (Å²) in [6.45, 7) is 12.6. The highest BCUT2D eigenvalue weighted by Crippen LogP contribution is 2.41. The molecule has 4 aliphatic rings. The van der Waals surface area contributed by atoms with Gasteiger partial charge in [-0.1, -0.05) is 18.7 Å². The van der Waals surface area contributed by atoms with Crippen molar-refractivity contribution < 1.29 is 27.5 Å². The van der Waals surface area contributed by atoms with Crippen LogP contribution in [0.3, 0.4) is 0 Å². The summed E-state index contributed by atoms with van der Waals surface area (Å²) in [4.78, 5) is 37.4. The Morgan fingerprint density at radius 2 is 1.61 bits per heavy atom. The van der Waals surface area contributed by atoms with Crippen LogP contribution in [0.25, 0.3) is 0 Å². The Balaban J connectivity index is 1.04. The number of hydrogen-bond acceptors (Lipinski definition) is 11. The van der Waals surface area contributed by atoms with Crippen molar-refractivity contribution in [3.05, 3.63) is 72.6 Å². The van der Waals surface area contributed by atoms with E-state index in [1.54, 1.807) is 19.2 Å². The van der Waals surface area contributed by atoms with Crippen LogP contribution in [0.2, 0.25) is 0 Å². The van der Waals surface area contributed by atoms with E-state index in [1.807, 2.05) is 12.1 Å². The van der Waals surface area contributed by atoms with Crippen molar-refractivity contribution in [3.8, 4) is 5.75 Å². The number of rotatable bonds is 10. The fourth-order valence-corrected chi connectivity index (χ4v) is 8.25. The molecule has 0 radical (unpaired) electrons. The van der Waals surface area contributed by atoms with Gasteiger partial charge >= 0.3 is 6.18 Å². The number of ether oxygens (including phenoxy) is 1. The Morgan fingerprint density at radius 1 is 0.907 bits per heavy atom. The molecule has 3 aromatic rings. The van der Waals surface area contributed by atoms with Gasteiger partial charge in [-0.15, -0.1) is 0 Å². The van der Waals surface area contributed by atoms with Gasteiger partial charge in [0.05, 0.1) is 42.4 Å². The molecule has 1 aromatic heterocycles. The molecular weight excluding hydrogens is 699 g/mol. The molecule has 4 saturated heterocycles. The van der Waals surface area contributed by atoms with Crippen molar-refractivity contribution in [1.29, 1.82) is 0 Å². The van der Waals surface area contributed by atoms with Crippen LogP contribution in [0.1, 0.15) is 49.3 Å². The molecule has 7 rings (SSSR count). The molecule has 1 unspecified atom stereocenters. The van der Waals surface area contributed by atoms with E-state index in [2.05, 4.69) is 53.8 Å². The summed E-state index contributed by atoms with van der Waals surface area (Å²) in [5, 5.41) is 7.81. The molecule has 54 heavy (non-hydrogen) atoms. The van der Waals surface area contributed by atoms with Gasteiger partial charge in [-0.2, -0.15) is 13.2 Å². The number of aromatic nitrogens is 2. The number of carbonyl (C=O) groups is 1. The van der Waals surface area contributed by atoms with Crippen LogP contribution >= 0.6 is 0 Å². The van der Waals surface area contributed by atoms with E-state index in [0.717, 1.165) is 69.9 Å². The minimum absolute atomic E-state index is 0.321. The molecule has 1 amide bonds. The van der Waals surface area contributed by atoms with Gasteiger partial charge in [0.15, 0.2) is 5.82 Å². The average molecular weight is 750 g/mol. The number of alkyl halides is 3. The monoisotopic (exact) mass is 749 g/mol. The molecule has 0 aliphatic carbocycles. The summed E-state index contributed by atoms with van der Waals surface area (Å²) in [5.74, 6) is 1.01. The molecule has 12 nitrogen and oxygen atoms in total. The summed E-state index contributed by atoms with van der Waals surface area (Å²) in [7, 11) is 3.80. The summed E-state index contributed by atoms with van der Waals surface area (Å²) < 4.78 is 46.3. The first-order valence-electron chi connectivity index (χ1n) is 18.8. The molecule has 0 spiro atoms. The number of benzene rings is 2. The molecule has 0 bridgehead atoms. The lowest BCUT2D eigenvalue weighted by Crippen LogP contribution is -2.54. The van der Waals surface area contributed by atoms with Crippen LogP contribution < -0.4 is 25.3 Å². The third kappa shape index (κ3) is 8.59. The first-order chi connectivity index (χ1) is 26.1. The number of amides is 1. The molecule has 2 N–H and O–H groups in total. The zero-order valence-electron chi connectivity index (χ0n) is 31.0. The van der Waals surface area contributed by atoms with Gasteiger partial charge < -0.3 is 30.1 Å². The quantitative estimate of drug-likeness (QED) is 0.241. The topological polar surface area (TPSA) is 102 Å². The number of carbonyl (C=O) groups excluding carboxylic acids is 1. The van der Waals surface area contributed by atoms with Gasteiger partial charge in [0.25, 0.3) is 0 Å². The van der Waals surface area contributed by atoms with Crippen LogP contribution in [0.4, 0.5) is 41.9 Å². The van der Waals surface area contributed by atoms with Crippen molar-refractivity contribution in [2.24, 2.45) is 0 Å². The fraction of sp³-hybridized carbons (Fsp3) is 0.513. The second-order valence-electron chi connectivity index (χ2n) is 14.6. The second kappa shape index (κ2) is 16.5. The molecule has 4 aliphatic heterocycles. The molecule has 1 atom stereocenters. The molecule has 4 fully saturated rings. The highest BCUT2D eigenvalue weighted by atomic mass is 19.4. The number of nitrogens with one attached hydrogen (secondary N) is 2. The van der Waals surface area contributed by atoms with Crippen LogP contribution in [-0.2, 0) is 15.8 Å². The first kappa shape index (κ1) is 37.9. The maximum Gasteiger partial charge on any atom is 0.416 e. The van der Waals surface area contributed by atoms with Crippen molar-refractivity contribution in [1.82, 2.24) is 24.7 Å². The molecule has 2 aromatic carbocycles. The molecule has 15 heteroatoms. The van der Waals surface area contributed by atoms with Gasteiger partial charge in [0, 0.05) is 69.9 Å². The molecule has 290 valence electrons. The summed E-state index contributed by atoms with van der Waals surface area (Å²) in [6.07, 6.45) is 3.15. The fourth-order valence-electron chi connectivity index (χ4n) is 8.25. The minimum Gasteiger partial charge on any atom is -0.494 e. The number of piperazine rings is 1. The lowest BCUT2D eigenvalue weighted by atomic mass is 9.96. The number of anilines is 5.